The topological polar surface area (TPSA) is 63.7 Å². The highest BCUT2D eigenvalue weighted by Crippen LogP contribution is 2.39. The second-order valence-electron chi connectivity index (χ2n) is 5.62. The Kier molecular flexibility index (Phi) is 5.90. The fourth-order valence-electron chi connectivity index (χ4n) is 2.55. The van der Waals surface area contributed by atoms with E-state index in [-0.39, 0.29) is 5.91 Å². The third-order valence-corrected chi connectivity index (χ3v) is 6.45. The number of carbonyl (C=O) groups excluding carboxylic acids is 1. The van der Waals surface area contributed by atoms with Crippen molar-refractivity contribution in [3.63, 3.8) is 0 Å². The Morgan fingerprint density at radius 3 is 2.84 bits per heavy atom. The van der Waals surface area contributed by atoms with Gasteiger partial charge in [0.25, 0.3) is 5.91 Å². The Labute approximate surface area is 169 Å². The van der Waals surface area contributed by atoms with Crippen LogP contribution in [0.1, 0.15) is 16.1 Å². The third-order valence-electron chi connectivity index (χ3n) is 3.62. The van der Waals surface area contributed by atoms with Crippen molar-refractivity contribution in [2.45, 2.75) is 0 Å². The number of hydrogen-bond acceptors (Lipinski definition) is 3. The second kappa shape index (κ2) is 7.80. The number of benzene rings is 1. The van der Waals surface area contributed by atoms with Crippen LogP contribution < -0.4 is 5.43 Å². The van der Waals surface area contributed by atoms with Crippen molar-refractivity contribution >= 4 is 80.3 Å². The maximum Gasteiger partial charge on any atom is 0.295 e. The number of fused-ring (bicyclic) bond motifs is 1. The molecule has 0 spiro atoms. The Hall–Kier alpha value is -0.860. The minimum Gasteiger partial charge on any atom is -0.369 e. The van der Waals surface area contributed by atoms with E-state index in [4.69, 9.17) is 23.2 Å². The zero-order chi connectivity index (χ0) is 18.1. The number of hydrogen-bond donors (Lipinski definition) is 2. The summed E-state index contributed by atoms with van der Waals surface area (Å²) in [5.41, 5.74) is 6.12. The first-order valence-electron chi connectivity index (χ1n) is 7.27. The highest BCUT2D eigenvalue weighted by molar-refractivity contribution is 14.2. The largest absolute Gasteiger partial charge is 0.369 e. The predicted octanol–water partition coefficient (Wildman–Crippen LogP) is 4.31. The van der Waals surface area contributed by atoms with E-state index >= 15 is 0 Å². The van der Waals surface area contributed by atoms with Crippen LogP contribution in [0.25, 0.3) is 16.5 Å². The summed E-state index contributed by atoms with van der Waals surface area (Å²) in [4.78, 5) is 21.5. The summed E-state index contributed by atoms with van der Waals surface area (Å²) in [6.07, 6.45) is 4.03. The lowest BCUT2D eigenvalue weighted by Gasteiger charge is -2.08. The predicted molar refractivity (Wildman–Crippen MR) is 115 cm³/mol. The molecule has 1 aromatic carbocycles. The third kappa shape index (κ3) is 3.80. The van der Waals surface area contributed by atoms with Crippen LogP contribution in [0.15, 0.2) is 23.3 Å². The van der Waals surface area contributed by atoms with Gasteiger partial charge in [-0.05, 0) is 33.7 Å². The molecule has 1 aromatic heterocycles. The summed E-state index contributed by atoms with van der Waals surface area (Å²) in [7, 11) is 3.62. The van der Waals surface area contributed by atoms with E-state index in [0.717, 1.165) is 16.5 Å². The van der Waals surface area contributed by atoms with Gasteiger partial charge >= 0.3 is 0 Å². The number of carbonyl (C=O) groups is 1. The lowest BCUT2D eigenvalue weighted by molar-refractivity contribution is 0.0998. The first-order valence-corrected chi connectivity index (χ1v) is 12.1. The number of aromatic amines is 1. The van der Waals surface area contributed by atoms with Crippen molar-refractivity contribution in [3.8, 4) is 0 Å². The summed E-state index contributed by atoms with van der Waals surface area (Å²) in [6.45, 7) is 0.626. The molecule has 2 N–H and O–H groups in total. The summed E-state index contributed by atoms with van der Waals surface area (Å²) >= 11 is 14.8. The lowest BCUT2D eigenvalue weighted by Crippen LogP contribution is -2.19. The number of hydrazine groups is 1. The van der Waals surface area contributed by atoms with Crippen molar-refractivity contribution in [1.82, 2.24) is 20.1 Å². The summed E-state index contributed by atoms with van der Waals surface area (Å²) in [5, 5.41) is 1.69. The molecule has 25 heavy (non-hydrogen) atoms. The lowest BCUT2D eigenvalue weighted by atomic mass is 10.0. The van der Waals surface area contributed by atoms with Crippen molar-refractivity contribution in [3.05, 3.63) is 39.6 Å². The number of rotatable bonds is 4. The Bertz CT molecular complexity index is 896. The molecule has 1 aliphatic heterocycles. The van der Waals surface area contributed by atoms with Crippen LogP contribution in [-0.4, -0.2) is 47.5 Å². The summed E-state index contributed by atoms with van der Waals surface area (Å²) in [5.74, 6) is -0.358. The molecular weight excluding hydrogens is 495 g/mol. The van der Waals surface area contributed by atoms with E-state index in [1.54, 1.807) is 11.0 Å². The normalized spacial score (nSPS) is 15.1. The van der Waals surface area contributed by atoms with Gasteiger partial charge in [0.2, 0.25) is 0 Å². The molecule has 2 heterocycles. The molecule has 1 atom stereocenters. The Morgan fingerprint density at radius 1 is 1.44 bits per heavy atom. The maximum atomic E-state index is 12.7. The molecule has 1 unspecified atom stereocenters. The van der Waals surface area contributed by atoms with Crippen LogP contribution in [0.5, 0.6) is 0 Å². The van der Waals surface area contributed by atoms with Crippen molar-refractivity contribution < 1.29 is 4.79 Å². The van der Waals surface area contributed by atoms with Gasteiger partial charge in [-0.2, -0.15) is 4.99 Å². The number of halogens is 3. The molecule has 1 amide bonds. The minimum atomic E-state index is -0.358. The van der Waals surface area contributed by atoms with Gasteiger partial charge in [-0.15, -0.1) is 0 Å². The molecule has 0 aliphatic carbocycles. The van der Waals surface area contributed by atoms with Gasteiger partial charge < -0.3 is 9.88 Å². The van der Waals surface area contributed by atoms with Crippen LogP contribution in [0.2, 0.25) is 10.0 Å². The number of aromatic nitrogens is 1. The van der Waals surface area contributed by atoms with Crippen LogP contribution in [-0.2, 0) is 0 Å². The summed E-state index contributed by atoms with van der Waals surface area (Å²) in [6, 6.07) is 3.61. The molecule has 132 valence electrons. The average molecular weight is 510 g/mol. The van der Waals surface area contributed by atoms with Gasteiger partial charge in [0.15, 0.2) is 0 Å². The monoisotopic (exact) mass is 509 g/mol. The first kappa shape index (κ1) is 18.9. The molecule has 0 fully saturated rings. The molecule has 1 aliphatic rings. The van der Waals surface area contributed by atoms with Crippen LogP contribution >= 0.6 is 51.6 Å². The van der Waals surface area contributed by atoms with Gasteiger partial charge in [0.1, 0.15) is 5.69 Å². The van der Waals surface area contributed by atoms with Crippen LogP contribution in [0.4, 0.5) is 0 Å². The van der Waals surface area contributed by atoms with E-state index in [2.05, 4.69) is 37.4 Å². The highest BCUT2D eigenvalue weighted by atomic mass is 127. The molecule has 6 nitrogen and oxygen atoms in total. The zero-order valence-electron chi connectivity index (χ0n) is 13.4. The van der Waals surface area contributed by atoms with E-state index < -0.39 is 0 Å². The zero-order valence-corrected chi connectivity index (χ0v) is 18.1. The van der Waals surface area contributed by atoms with Gasteiger partial charge in [-0.25, -0.2) is 5.43 Å². The minimum absolute atomic E-state index is 0.358. The van der Waals surface area contributed by atoms with E-state index in [0.29, 0.717) is 34.2 Å². The van der Waals surface area contributed by atoms with E-state index in [1.165, 1.54) is 6.34 Å². The number of nitrogens with one attached hydrogen (secondary N) is 2. The Morgan fingerprint density at radius 2 is 2.20 bits per heavy atom. The van der Waals surface area contributed by atoms with Gasteiger partial charge in [0.05, 0.1) is 28.3 Å². The van der Waals surface area contributed by atoms with Gasteiger partial charge in [0, 0.05) is 37.8 Å². The number of aliphatic imine (C=N–C) groups is 1. The van der Waals surface area contributed by atoms with Gasteiger partial charge in [-0.3, -0.25) is 9.57 Å². The molecule has 10 heteroatoms. The molecule has 0 bridgehead atoms. The summed E-state index contributed by atoms with van der Waals surface area (Å²) < 4.78 is 1.99. The fraction of sp³-hybridized carbons (Fsp3) is 0.200. The molecule has 0 saturated carbocycles. The van der Waals surface area contributed by atoms with Crippen molar-refractivity contribution in [1.29, 1.82) is 0 Å². The molecule has 0 saturated heterocycles. The standard InChI is InChI=1S/C15H15Cl2IN5OP/c1-22(2)7-19-15(24)14-11(8-5-20-23(6-8)25-18)9-3-4-10(16)12(17)13(9)21-14/h3-4,6-7,20-21,25H,5H2,1-2H3/b19-7+. The molecule has 3 rings (SSSR count). The highest BCUT2D eigenvalue weighted by Gasteiger charge is 2.25. The second-order valence-corrected chi connectivity index (χ2v) is 8.50. The molecular formula is C15H15Cl2IN5OP. The number of amides is 1. The maximum absolute atomic E-state index is 12.7. The first-order chi connectivity index (χ1) is 11.9. The fourth-order valence-corrected chi connectivity index (χ4v) is 4.20. The van der Waals surface area contributed by atoms with Crippen LogP contribution in [0, 0.1) is 0 Å². The van der Waals surface area contributed by atoms with Gasteiger partial charge in [-0.1, -0.05) is 29.3 Å². The molecule has 0 radical (unpaired) electrons. The Balaban J connectivity index is 2.20. The quantitative estimate of drug-likeness (QED) is 0.279. The number of H-pyrrole nitrogens is 1. The van der Waals surface area contributed by atoms with E-state index in [1.807, 2.05) is 31.1 Å². The van der Waals surface area contributed by atoms with Crippen molar-refractivity contribution in [2.75, 3.05) is 20.6 Å². The van der Waals surface area contributed by atoms with E-state index in [9.17, 15) is 4.79 Å². The van der Waals surface area contributed by atoms with Crippen molar-refractivity contribution in [2.24, 2.45) is 4.99 Å². The smallest absolute Gasteiger partial charge is 0.295 e. The number of nitrogens with zero attached hydrogens (tertiary/aromatic N) is 3. The SMILES string of the molecule is CN(C)/C=N/C(=O)c1[nH]c2c(Cl)c(Cl)ccc2c1C1=CN(PI)NC1. The van der Waals surface area contributed by atoms with Crippen LogP contribution in [0.3, 0.4) is 0 Å². The molecule has 2 aromatic rings. The average Bonchev–Trinajstić information content (AvgIpc) is 3.20.